The maximum absolute atomic E-state index is 13.3. The summed E-state index contributed by atoms with van der Waals surface area (Å²) in [5, 5.41) is 10.9. The number of carbonyl (C=O) groups is 1. The number of hydrogen-bond acceptors (Lipinski definition) is 4. The molecular formula is C13H7F12N3O3. The van der Waals surface area contributed by atoms with Gasteiger partial charge in [-0.3, -0.25) is 14.9 Å². The second kappa shape index (κ2) is 7.95. The first-order valence-corrected chi connectivity index (χ1v) is 7.25. The molecule has 1 amide bonds. The molecule has 0 aliphatic carbocycles. The predicted octanol–water partition coefficient (Wildman–Crippen LogP) is 4.68. The zero-order chi connectivity index (χ0) is 24.6. The third kappa shape index (κ3) is 5.60. The number of nitro groups is 1. The quantitative estimate of drug-likeness (QED) is 0.277. The molecule has 0 fully saturated rings. The van der Waals surface area contributed by atoms with Gasteiger partial charge in [0.15, 0.2) is 0 Å². The lowest BCUT2D eigenvalue weighted by molar-refractivity contribution is -0.384. The van der Waals surface area contributed by atoms with E-state index in [1.165, 1.54) is 0 Å². The van der Waals surface area contributed by atoms with Gasteiger partial charge in [-0.2, -0.15) is 52.7 Å². The van der Waals surface area contributed by atoms with E-state index in [-0.39, 0.29) is 11.4 Å². The lowest BCUT2D eigenvalue weighted by atomic mass is 10.0. The molecule has 0 spiro atoms. The number of nitrogens with zero attached hydrogens (tertiary/aromatic N) is 1. The Balaban J connectivity index is 3.63. The molecule has 1 rings (SSSR count). The van der Waals surface area contributed by atoms with E-state index in [0.717, 1.165) is 0 Å². The highest BCUT2D eigenvalue weighted by Gasteiger charge is 2.74. The van der Waals surface area contributed by atoms with Crippen molar-refractivity contribution in [2.45, 2.75) is 30.4 Å². The van der Waals surface area contributed by atoms with Gasteiger partial charge in [-0.05, 0) is 6.07 Å². The molecule has 31 heavy (non-hydrogen) atoms. The van der Waals surface area contributed by atoms with Crippen LogP contribution >= 0.6 is 0 Å². The van der Waals surface area contributed by atoms with Gasteiger partial charge in [0.1, 0.15) is 0 Å². The zero-order valence-corrected chi connectivity index (χ0v) is 14.1. The van der Waals surface area contributed by atoms with Crippen LogP contribution in [0.3, 0.4) is 0 Å². The van der Waals surface area contributed by atoms with Crippen LogP contribution in [0.1, 0.15) is 0 Å². The third-order valence-electron chi connectivity index (χ3n) is 3.47. The second-order valence-corrected chi connectivity index (χ2v) is 5.68. The molecule has 18 heteroatoms. The molecule has 0 radical (unpaired) electrons. The normalized spacial score (nSPS) is 13.8. The van der Waals surface area contributed by atoms with Crippen molar-refractivity contribution in [2.24, 2.45) is 5.92 Å². The van der Waals surface area contributed by atoms with E-state index in [0.29, 0.717) is 23.5 Å². The van der Waals surface area contributed by atoms with Gasteiger partial charge in [0, 0.05) is 17.8 Å². The molecule has 0 saturated heterocycles. The molecule has 0 unspecified atom stereocenters. The van der Waals surface area contributed by atoms with E-state index >= 15 is 0 Å². The molecule has 176 valence electrons. The van der Waals surface area contributed by atoms with Crippen molar-refractivity contribution < 1.29 is 62.4 Å². The Labute approximate surface area is 162 Å². The van der Waals surface area contributed by atoms with Gasteiger partial charge in [0.2, 0.25) is 11.8 Å². The molecule has 0 atom stereocenters. The number of alkyl halides is 12. The third-order valence-corrected chi connectivity index (χ3v) is 3.47. The molecule has 0 aliphatic rings. The van der Waals surface area contributed by atoms with Crippen molar-refractivity contribution in [1.82, 2.24) is 5.32 Å². The summed E-state index contributed by atoms with van der Waals surface area (Å²) in [5.41, 5.74) is -8.36. The Morgan fingerprint density at radius 1 is 0.871 bits per heavy atom. The largest absolute Gasteiger partial charge is 0.439 e. The monoisotopic (exact) mass is 481 g/mol. The van der Waals surface area contributed by atoms with Crippen LogP contribution in [0.4, 0.5) is 64.1 Å². The number of non-ortho nitro benzene ring substituents is 1. The summed E-state index contributed by atoms with van der Waals surface area (Å²) in [4.78, 5) is 20.8. The maximum Gasteiger partial charge on any atom is 0.439 e. The molecule has 2 N–H and O–H groups in total. The average molecular weight is 481 g/mol. The van der Waals surface area contributed by atoms with Crippen LogP contribution in [0.2, 0.25) is 0 Å². The average Bonchev–Trinajstić information content (AvgIpc) is 2.49. The fourth-order valence-electron chi connectivity index (χ4n) is 2.13. The number of nitro benzene ring substituents is 1. The molecule has 0 aromatic heterocycles. The minimum Gasteiger partial charge on any atom is -0.348 e. The fraction of sp³-hybridized carbons (Fsp3) is 0.462. The van der Waals surface area contributed by atoms with Crippen LogP contribution in [-0.4, -0.2) is 41.2 Å². The number of amides is 1. The van der Waals surface area contributed by atoms with Crippen molar-refractivity contribution in [1.29, 1.82) is 0 Å². The van der Waals surface area contributed by atoms with E-state index in [4.69, 9.17) is 0 Å². The van der Waals surface area contributed by atoms with Crippen LogP contribution in [0.25, 0.3) is 0 Å². The first-order valence-electron chi connectivity index (χ1n) is 7.25. The molecule has 0 aliphatic heterocycles. The number of hydrogen-bond donors (Lipinski definition) is 2. The van der Waals surface area contributed by atoms with Gasteiger partial charge < -0.3 is 10.6 Å². The molecule has 1 aromatic rings. The zero-order valence-electron chi connectivity index (χ0n) is 14.1. The maximum atomic E-state index is 13.3. The molecular weight excluding hydrogens is 474 g/mol. The van der Waals surface area contributed by atoms with Crippen molar-refractivity contribution in [2.75, 3.05) is 5.32 Å². The highest BCUT2D eigenvalue weighted by molar-refractivity contribution is 5.82. The summed E-state index contributed by atoms with van der Waals surface area (Å²) < 4.78 is 155. The van der Waals surface area contributed by atoms with Gasteiger partial charge in [0.25, 0.3) is 5.69 Å². The van der Waals surface area contributed by atoms with E-state index < -0.39 is 58.5 Å². The molecule has 1 aromatic carbocycles. The molecule has 0 bridgehead atoms. The van der Waals surface area contributed by atoms with E-state index in [9.17, 15) is 67.6 Å². The van der Waals surface area contributed by atoms with Gasteiger partial charge in [0.05, 0.1) is 4.92 Å². The Morgan fingerprint density at radius 3 is 1.68 bits per heavy atom. The number of carbonyl (C=O) groups excluding carboxylic acids is 1. The summed E-state index contributed by atoms with van der Waals surface area (Å²) in [6.07, 6.45) is -26.7. The summed E-state index contributed by atoms with van der Waals surface area (Å²) in [6, 6.07) is 1.60. The SMILES string of the molecule is O=C(NC(Nc1cccc([N+](=O)[O-])c1)(C(F)(F)F)C(F)(F)F)C(C(F)(F)F)C(F)(F)F. The second-order valence-electron chi connectivity index (χ2n) is 5.68. The van der Waals surface area contributed by atoms with Crippen molar-refractivity contribution in [3.8, 4) is 0 Å². The number of benzene rings is 1. The van der Waals surface area contributed by atoms with Crippen LogP contribution in [-0.2, 0) is 4.79 Å². The molecule has 6 nitrogen and oxygen atoms in total. The Morgan fingerprint density at radius 2 is 1.32 bits per heavy atom. The van der Waals surface area contributed by atoms with Crippen molar-refractivity contribution in [3.05, 3.63) is 34.4 Å². The van der Waals surface area contributed by atoms with E-state index in [2.05, 4.69) is 0 Å². The number of anilines is 1. The van der Waals surface area contributed by atoms with E-state index in [1.54, 1.807) is 0 Å². The minimum atomic E-state index is -6.77. The van der Waals surface area contributed by atoms with Crippen molar-refractivity contribution in [3.63, 3.8) is 0 Å². The highest BCUT2D eigenvalue weighted by Crippen LogP contribution is 2.46. The van der Waals surface area contributed by atoms with Crippen LogP contribution in [0.5, 0.6) is 0 Å². The fourth-order valence-corrected chi connectivity index (χ4v) is 2.13. The summed E-state index contributed by atoms with van der Waals surface area (Å²) in [7, 11) is 0. The van der Waals surface area contributed by atoms with Crippen molar-refractivity contribution >= 4 is 17.3 Å². The number of halogens is 12. The summed E-state index contributed by atoms with van der Waals surface area (Å²) in [5.74, 6) is -8.96. The number of rotatable bonds is 5. The lowest BCUT2D eigenvalue weighted by Crippen LogP contribution is -2.73. The van der Waals surface area contributed by atoms with Gasteiger partial charge in [-0.25, -0.2) is 0 Å². The molecule has 0 heterocycles. The van der Waals surface area contributed by atoms with Crippen LogP contribution < -0.4 is 10.6 Å². The topological polar surface area (TPSA) is 84.3 Å². The summed E-state index contributed by atoms with van der Waals surface area (Å²) >= 11 is 0. The molecule has 0 saturated carbocycles. The first-order chi connectivity index (χ1) is 13.6. The first kappa shape index (κ1) is 26.1. The summed E-state index contributed by atoms with van der Waals surface area (Å²) in [6.45, 7) is 0. The standard InChI is InChI=1S/C13H7F12N3O3/c14-9(15,16)7(10(17,18)19)8(29)27-11(12(20,21)22,13(23,24)25)26-5-2-1-3-6(4-5)28(30)31/h1-4,7,26H,(H,27,29). The van der Waals surface area contributed by atoms with Crippen LogP contribution in [0, 0.1) is 16.0 Å². The minimum absolute atomic E-state index is 0.0728. The Hall–Kier alpha value is -2.95. The Kier molecular flexibility index (Phi) is 6.69. The Bertz CT molecular complexity index is 800. The van der Waals surface area contributed by atoms with Crippen LogP contribution in [0.15, 0.2) is 24.3 Å². The predicted molar refractivity (Wildman–Crippen MR) is 75.3 cm³/mol. The van der Waals surface area contributed by atoms with Gasteiger partial charge in [-0.15, -0.1) is 0 Å². The van der Waals surface area contributed by atoms with Gasteiger partial charge >= 0.3 is 30.4 Å². The lowest BCUT2D eigenvalue weighted by Gasteiger charge is -2.39. The number of nitrogens with one attached hydrogen (secondary N) is 2. The van der Waals surface area contributed by atoms with Gasteiger partial charge in [-0.1, -0.05) is 6.07 Å². The van der Waals surface area contributed by atoms with E-state index in [1.807, 2.05) is 0 Å². The highest BCUT2D eigenvalue weighted by atomic mass is 19.4. The smallest absolute Gasteiger partial charge is 0.348 e.